The molecular weight excluding hydrogens is 398 g/mol. The van der Waals surface area contributed by atoms with E-state index in [1.54, 1.807) is 11.3 Å². The van der Waals surface area contributed by atoms with Crippen LogP contribution in [0.2, 0.25) is 0 Å². The number of benzene rings is 2. The molecule has 0 saturated carbocycles. The molecule has 1 atom stereocenters. The Bertz CT molecular complexity index is 1030. The van der Waals surface area contributed by atoms with E-state index in [1.165, 1.54) is 9.71 Å². The SMILES string of the molecule is CC(NC(=O)CN1CCC(c2nc3ccccc3s2)CC1)c1ccc2c(c1)OCO2. The molecular formula is C23H25N3O3S. The number of likely N-dealkylation sites (tertiary alicyclic amines) is 1. The lowest BCUT2D eigenvalue weighted by atomic mass is 9.97. The second-order valence-electron chi connectivity index (χ2n) is 7.97. The predicted octanol–water partition coefficient (Wildman–Crippen LogP) is 4.08. The van der Waals surface area contributed by atoms with Crippen LogP contribution in [0, 0.1) is 0 Å². The highest BCUT2D eigenvalue weighted by Gasteiger charge is 2.25. The molecule has 3 heterocycles. The molecule has 3 aromatic rings. The Morgan fingerprint density at radius 2 is 2.00 bits per heavy atom. The van der Waals surface area contributed by atoms with Gasteiger partial charge in [0.1, 0.15) is 0 Å². The molecule has 2 aliphatic heterocycles. The number of amides is 1. The number of fused-ring (bicyclic) bond motifs is 2. The number of carbonyl (C=O) groups excluding carboxylic acids is 1. The first-order valence-electron chi connectivity index (χ1n) is 10.4. The maximum absolute atomic E-state index is 12.6. The van der Waals surface area contributed by atoms with Crippen molar-refractivity contribution in [2.45, 2.75) is 31.7 Å². The Labute approximate surface area is 179 Å². The van der Waals surface area contributed by atoms with E-state index in [0.29, 0.717) is 12.5 Å². The lowest BCUT2D eigenvalue weighted by Gasteiger charge is -2.30. The fourth-order valence-corrected chi connectivity index (χ4v) is 5.30. The fourth-order valence-electron chi connectivity index (χ4n) is 4.16. The standard InChI is InChI=1S/C23H25N3O3S/c1-15(17-6-7-19-20(12-17)29-14-28-19)24-22(27)13-26-10-8-16(9-11-26)23-25-18-4-2-3-5-21(18)30-23/h2-7,12,15-16H,8-11,13-14H2,1H3,(H,24,27). The Balaban J connectivity index is 1.13. The van der Waals surface area contributed by atoms with E-state index in [9.17, 15) is 4.79 Å². The zero-order chi connectivity index (χ0) is 20.5. The van der Waals surface area contributed by atoms with E-state index in [0.717, 1.165) is 48.5 Å². The predicted molar refractivity (Wildman–Crippen MR) is 117 cm³/mol. The minimum atomic E-state index is -0.0766. The molecule has 0 radical (unpaired) electrons. The van der Waals surface area contributed by atoms with Gasteiger partial charge in [0.15, 0.2) is 11.5 Å². The number of nitrogens with zero attached hydrogens (tertiary/aromatic N) is 2. The van der Waals surface area contributed by atoms with Crippen molar-refractivity contribution in [3.05, 3.63) is 53.0 Å². The molecule has 1 saturated heterocycles. The van der Waals surface area contributed by atoms with Gasteiger partial charge in [0.05, 0.1) is 27.8 Å². The molecule has 0 aliphatic carbocycles. The number of nitrogens with one attached hydrogen (secondary N) is 1. The summed E-state index contributed by atoms with van der Waals surface area (Å²) in [5, 5.41) is 4.34. The van der Waals surface area contributed by atoms with Gasteiger partial charge in [0, 0.05) is 5.92 Å². The van der Waals surface area contributed by atoms with E-state index in [-0.39, 0.29) is 18.7 Å². The molecule has 6 nitrogen and oxygen atoms in total. The van der Waals surface area contributed by atoms with Gasteiger partial charge in [-0.15, -0.1) is 11.3 Å². The molecule has 1 unspecified atom stereocenters. The van der Waals surface area contributed by atoms with Crippen LogP contribution in [0.25, 0.3) is 10.2 Å². The summed E-state index contributed by atoms with van der Waals surface area (Å²) >= 11 is 1.81. The van der Waals surface area contributed by atoms with E-state index in [2.05, 4.69) is 28.4 Å². The van der Waals surface area contributed by atoms with Gasteiger partial charge >= 0.3 is 0 Å². The van der Waals surface area contributed by atoms with Crippen LogP contribution < -0.4 is 14.8 Å². The lowest BCUT2D eigenvalue weighted by Crippen LogP contribution is -2.41. The monoisotopic (exact) mass is 423 g/mol. The van der Waals surface area contributed by atoms with Gasteiger partial charge in [-0.1, -0.05) is 18.2 Å². The van der Waals surface area contributed by atoms with E-state index < -0.39 is 0 Å². The first kappa shape index (κ1) is 19.3. The molecule has 1 N–H and O–H groups in total. The quantitative estimate of drug-likeness (QED) is 0.670. The summed E-state index contributed by atoms with van der Waals surface area (Å²) in [5.41, 5.74) is 2.11. The summed E-state index contributed by atoms with van der Waals surface area (Å²) in [5.74, 6) is 2.05. The van der Waals surface area contributed by atoms with Crippen LogP contribution >= 0.6 is 11.3 Å². The van der Waals surface area contributed by atoms with Crippen molar-refractivity contribution in [1.29, 1.82) is 0 Å². The minimum absolute atomic E-state index is 0.0543. The van der Waals surface area contributed by atoms with E-state index >= 15 is 0 Å². The average molecular weight is 424 g/mol. The van der Waals surface area contributed by atoms with Gasteiger partial charge < -0.3 is 14.8 Å². The molecule has 7 heteroatoms. The average Bonchev–Trinajstić information content (AvgIpc) is 3.40. The topological polar surface area (TPSA) is 63.7 Å². The molecule has 5 rings (SSSR count). The van der Waals surface area contributed by atoms with Crippen LogP contribution in [0.3, 0.4) is 0 Å². The van der Waals surface area contributed by atoms with Crippen molar-refractivity contribution in [2.24, 2.45) is 0 Å². The van der Waals surface area contributed by atoms with Gasteiger partial charge in [-0.25, -0.2) is 4.98 Å². The van der Waals surface area contributed by atoms with Crippen LogP contribution in [0.1, 0.15) is 42.3 Å². The molecule has 1 aromatic heterocycles. The van der Waals surface area contributed by atoms with Crippen molar-refractivity contribution in [3.63, 3.8) is 0 Å². The molecule has 0 spiro atoms. The van der Waals surface area contributed by atoms with Crippen LogP contribution in [0.15, 0.2) is 42.5 Å². The number of hydrogen-bond donors (Lipinski definition) is 1. The summed E-state index contributed by atoms with van der Waals surface area (Å²) in [6.07, 6.45) is 2.09. The first-order valence-corrected chi connectivity index (χ1v) is 11.2. The third-order valence-electron chi connectivity index (χ3n) is 5.89. The minimum Gasteiger partial charge on any atom is -0.454 e. The van der Waals surface area contributed by atoms with Crippen molar-refractivity contribution >= 4 is 27.5 Å². The smallest absolute Gasteiger partial charge is 0.234 e. The Kier molecular flexibility index (Phi) is 5.31. The highest BCUT2D eigenvalue weighted by atomic mass is 32.1. The van der Waals surface area contributed by atoms with Crippen molar-refractivity contribution in [3.8, 4) is 11.5 Å². The lowest BCUT2D eigenvalue weighted by molar-refractivity contribution is -0.123. The second-order valence-corrected chi connectivity index (χ2v) is 9.03. The fraction of sp³-hybridized carbons (Fsp3) is 0.391. The van der Waals surface area contributed by atoms with Crippen molar-refractivity contribution < 1.29 is 14.3 Å². The summed E-state index contributed by atoms with van der Waals surface area (Å²) < 4.78 is 12.0. The number of hydrogen-bond acceptors (Lipinski definition) is 6. The highest BCUT2D eigenvalue weighted by Crippen LogP contribution is 2.35. The van der Waals surface area contributed by atoms with Crippen LogP contribution in [0.5, 0.6) is 11.5 Å². The van der Waals surface area contributed by atoms with Crippen molar-refractivity contribution in [2.75, 3.05) is 26.4 Å². The summed E-state index contributed by atoms with van der Waals surface area (Å²) in [6.45, 7) is 4.53. The molecule has 0 bridgehead atoms. The molecule has 1 amide bonds. The zero-order valence-corrected chi connectivity index (χ0v) is 17.8. The number of piperidine rings is 1. The van der Waals surface area contributed by atoms with Crippen LogP contribution in [-0.2, 0) is 4.79 Å². The first-order chi connectivity index (χ1) is 14.7. The molecule has 156 valence electrons. The number of aromatic nitrogens is 1. The number of rotatable bonds is 5. The van der Waals surface area contributed by atoms with Gasteiger partial charge in [-0.3, -0.25) is 9.69 Å². The number of para-hydroxylation sites is 1. The van der Waals surface area contributed by atoms with Crippen molar-refractivity contribution in [1.82, 2.24) is 15.2 Å². The normalized spacial score (nSPS) is 17.9. The number of carbonyl (C=O) groups is 1. The largest absolute Gasteiger partial charge is 0.454 e. The van der Waals surface area contributed by atoms with E-state index in [4.69, 9.17) is 14.5 Å². The van der Waals surface area contributed by atoms with E-state index in [1.807, 2.05) is 31.2 Å². The molecule has 2 aliphatic rings. The van der Waals surface area contributed by atoms with Crippen LogP contribution in [0.4, 0.5) is 0 Å². The zero-order valence-electron chi connectivity index (χ0n) is 17.0. The van der Waals surface area contributed by atoms with Gasteiger partial charge in [0.2, 0.25) is 12.7 Å². The third-order valence-corrected chi connectivity index (χ3v) is 7.09. The van der Waals surface area contributed by atoms with Gasteiger partial charge in [-0.2, -0.15) is 0 Å². The molecule has 1 fully saturated rings. The maximum Gasteiger partial charge on any atom is 0.234 e. The number of ether oxygens (including phenoxy) is 2. The van der Waals surface area contributed by atoms with Gasteiger partial charge in [-0.05, 0) is 62.7 Å². The third kappa shape index (κ3) is 4.00. The van der Waals surface area contributed by atoms with Gasteiger partial charge in [0.25, 0.3) is 0 Å². The second kappa shape index (κ2) is 8.24. The number of thiazole rings is 1. The Morgan fingerprint density at radius 3 is 2.83 bits per heavy atom. The Morgan fingerprint density at radius 1 is 1.20 bits per heavy atom. The van der Waals surface area contributed by atoms with Crippen LogP contribution in [-0.4, -0.2) is 42.2 Å². The molecule has 2 aromatic carbocycles. The highest BCUT2D eigenvalue weighted by molar-refractivity contribution is 7.18. The Hall–Kier alpha value is -2.64. The molecule has 30 heavy (non-hydrogen) atoms. The summed E-state index contributed by atoms with van der Waals surface area (Å²) in [6, 6.07) is 14.1. The summed E-state index contributed by atoms with van der Waals surface area (Å²) in [7, 11) is 0. The maximum atomic E-state index is 12.6. The summed E-state index contributed by atoms with van der Waals surface area (Å²) in [4.78, 5) is 19.6.